The van der Waals surface area contributed by atoms with Crippen molar-refractivity contribution in [2.24, 2.45) is 5.92 Å². The van der Waals surface area contributed by atoms with Gasteiger partial charge in [0.1, 0.15) is 22.0 Å². The van der Waals surface area contributed by atoms with Gasteiger partial charge in [-0.25, -0.2) is 18.4 Å². The van der Waals surface area contributed by atoms with Crippen LogP contribution in [0, 0.1) is 5.92 Å². The van der Waals surface area contributed by atoms with Crippen LogP contribution in [-0.4, -0.2) is 59.5 Å². The lowest BCUT2D eigenvalue weighted by Gasteiger charge is -2.42. The normalized spacial score (nSPS) is 22.4. The minimum absolute atomic E-state index is 0.0287. The SMILES string of the molecule is CS(=O)(=O)CCN1C[C@@H]2C[C@H](C1)c1cc(-c3cc(N)ncn3)cc(=O)n1C2. The second-order valence-corrected chi connectivity index (χ2v) is 9.89. The van der Waals surface area contributed by atoms with Crippen LogP contribution in [0.4, 0.5) is 5.82 Å². The Hall–Kier alpha value is -2.26. The van der Waals surface area contributed by atoms with Gasteiger partial charge >= 0.3 is 0 Å². The number of likely N-dealkylation sites (tertiary alicyclic amines) is 1. The Morgan fingerprint density at radius 1 is 1.19 bits per heavy atom. The summed E-state index contributed by atoms with van der Waals surface area (Å²) in [6.45, 7) is 2.81. The molecule has 0 aromatic carbocycles. The summed E-state index contributed by atoms with van der Waals surface area (Å²) in [6, 6.07) is 5.29. The molecule has 9 heteroatoms. The van der Waals surface area contributed by atoms with Gasteiger partial charge in [-0.2, -0.15) is 0 Å². The number of piperidine rings is 1. The summed E-state index contributed by atoms with van der Waals surface area (Å²) in [5.41, 5.74) is 8.09. The Balaban J connectivity index is 1.65. The summed E-state index contributed by atoms with van der Waals surface area (Å²) in [7, 11) is -2.98. The maximum Gasteiger partial charge on any atom is 0.251 e. The van der Waals surface area contributed by atoms with Crippen molar-refractivity contribution in [3.63, 3.8) is 0 Å². The quantitative estimate of drug-likeness (QED) is 0.803. The molecule has 8 nitrogen and oxygen atoms in total. The largest absolute Gasteiger partial charge is 0.384 e. The van der Waals surface area contributed by atoms with Crippen LogP contribution in [0.5, 0.6) is 0 Å². The number of pyridine rings is 1. The second-order valence-electron chi connectivity index (χ2n) is 7.63. The van der Waals surface area contributed by atoms with Gasteiger partial charge in [-0.15, -0.1) is 0 Å². The minimum atomic E-state index is -2.98. The van der Waals surface area contributed by atoms with E-state index in [-0.39, 0.29) is 17.2 Å². The van der Waals surface area contributed by atoms with Crippen molar-refractivity contribution in [1.29, 1.82) is 0 Å². The average molecular weight is 389 g/mol. The van der Waals surface area contributed by atoms with E-state index in [1.165, 1.54) is 12.6 Å². The van der Waals surface area contributed by atoms with E-state index in [1.54, 1.807) is 12.1 Å². The van der Waals surface area contributed by atoms with Crippen LogP contribution in [0.25, 0.3) is 11.3 Å². The Bertz CT molecular complexity index is 1030. The Morgan fingerprint density at radius 3 is 2.74 bits per heavy atom. The van der Waals surface area contributed by atoms with Crippen molar-refractivity contribution < 1.29 is 8.42 Å². The number of fused-ring (bicyclic) bond motifs is 4. The highest BCUT2D eigenvalue weighted by atomic mass is 32.2. The summed E-state index contributed by atoms with van der Waals surface area (Å²) < 4.78 is 24.9. The molecule has 1 fully saturated rings. The molecule has 144 valence electrons. The van der Waals surface area contributed by atoms with Crippen LogP contribution in [0.3, 0.4) is 0 Å². The molecule has 27 heavy (non-hydrogen) atoms. The Morgan fingerprint density at radius 2 is 2.00 bits per heavy atom. The monoisotopic (exact) mass is 389 g/mol. The van der Waals surface area contributed by atoms with E-state index < -0.39 is 9.84 Å². The molecule has 0 amide bonds. The van der Waals surface area contributed by atoms with Gasteiger partial charge in [0.25, 0.3) is 5.56 Å². The lowest BCUT2D eigenvalue weighted by atomic mass is 9.82. The molecule has 0 aliphatic carbocycles. The van der Waals surface area contributed by atoms with Gasteiger partial charge in [-0.1, -0.05) is 0 Å². The molecule has 2 aliphatic heterocycles. The van der Waals surface area contributed by atoms with Crippen LogP contribution in [0.2, 0.25) is 0 Å². The molecule has 2 bridgehead atoms. The van der Waals surface area contributed by atoms with E-state index in [0.717, 1.165) is 30.8 Å². The number of anilines is 1. The fourth-order valence-electron chi connectivity index (χ4n) is 4.21. The molecule has 2 aromatic heterocycles. The number of hydrogen-bond acceptors (Lipinski definition) is 7. The third kappa shape index (κ3) is 3.89. The highest BCUT2D eigenvalue weighted by Gasteiger charge is 2.35. The van der Waals surface area contributed by atoms with Crippen LogP contribution in [0.15, 0.2) is 29.3 Å². The first kappa shape index (κ1) is 18.1. The first-order chi connectivity index (χ1) is 12.8. The zero-order chi connectivity index (χ0) is 19.2. The molecular weight excluding hydrogens is 366 g/mol. The highest BCUT2D eigenvalue weighted by molar-refractivity contribution is 7.90. The van der Waals surface area contributed by atoms with E-state index >= 15 is 0 Å². The predicted octanol–water partition coefficient (Wildman–Crippen LogP) is 0.351. The van der Waals surface area contributed by atoms with Gasteiger partial charge in [-0.05, 0) is 18.4 Å². The first-order valence-corrected chi connectivity index (χ1v) is 11.1. The van der Waals surface area contributed by atoms with E-state index in [2.05, 4.69) is 14.9 Å². The lowest BCUT2D eigenvalue weighted by molar-refractivity contribution is 0.126. The molecular formula is C18H23N5O3S. The van der Waals surface area contributed by atoms with Crippen molar-refractivity contribution in [3.05, 3.63) is 40.6 Å². The fraction of sp³-hybridized carbons (Fsp3) is 0.500. The predicted molar refractivity (Wildman–Crippen MR) is 103 cm³/mol. The van der Waals surface area contributed by atoms with Crippen molar-refractivity contribution in [2.75, 3.05) is 37.4 Å². The van der Waals surface area contributed by atoms with Gasteiger partial charge in [-0.3, -0.25) is 4.79 Å². The van der Waals surface area contributed by atoms with Crippen molar-refractivity contribution in [2.45, 2.75) is 18.9 Å². The molecule has 0 unspecified atom stereocenters. The zero-order valence-corrected chi connectivity index (χ0v) is 16.0. The first-order valence-electron chi connectivity index (χ1n) is 9.01. The summed E-state index contributed by atoms with van der Waals surface area (Å²) in [6.07, 6.45) is 3.68. The maximum absolute atomic E-state index is 12.7. The van der Waals surface area contributed by atoms with E-state index in [9.17, 15) is 13.2 Å². The topological polar surface area (TPSA) is 111 Å². The van der Waals surface area contributed by atoms with Crippen molar-refractivity contribution >= 4 is 15.7 Å². The van der Waals surface area contributed by atoms with Gasteiger partial charge in [0.2, 0.25) is 0 Å². The summed E-state index contributed by atoms with van der Waals surface area (Å²) in [4.78, 5) is 23.1. The molecule has 4 heterocycles. The van der Waals surface area contributed by atoms with Crippen LogP contribution in [0.1, 0.15) is 18.0 Å². The van der Waals surface area contributed by atoms with E-state index in [0.29, 0.717) is 30.5 Å². The molecule has 0 saturated carbocycles. The van der Waals surface area contributed by atoms with Crippen LogP contribution >= 0.6 is 0 Å². The second kappa shape index (κ2) is 6.72. The minimum Gasteiger partial charge on any atom is -0.384 e. The van der Waals surface area contributed by atoms with Gasteiger partial charge in [0.05, 0.1) is 11.4 Å². The van der Waals surface area contributed by atoms with Crippen molar-refractivity contribution in [1.82, 2.24) is 19.4 Å². The Labute approximate surface area is 158 Å². The van der Waals surface area contributed by atoms with Crippen molar-refractivity contribution in [3.8, 4) is 11.3 Å². The number of aromatic nitrogens is 3. The number of rotatable bonds is 4. The molecule has 2 aliphatic rings. The average Bonchev–Trinajstić information content (AvgIpc) is 2.60. The summed E-state index contributed by atoms with van der Waals surface area (Å²) in [5, 5.41) is 0. The number of sulfone groups is 1. The van der Waals surface area contributed by atoms with Gasteiger partial charge in [0, 0.05) is 61.7 Å². The standard InChI is InChI=1S/C18H23N5O3S/c1-27(25,26)3-2-22-8-12-4-14(10-22)16-5-13(6-18(24)23(16)9-12)15-7-17(19)21-11-20-15/h5-7,11-12,14H,2-4,8-10H2,1H3,(H2,19,20,21)/t12-,14+/m0/s1. The molecule has 0 spiro atoms. The molecule has 4 rings (SSSR count). The molecule has 1 saturated heterocycles. The molecule has 2 aromatic rings. The molecule has 2 atom stereocenters. The Kier molecular flexibility index (Phi) is 4.51. The molecule has 0 radical (unpaired) electrons. The number of nitrogens with two attached hydrogens (primary N) is 1. The third-order valence-corrected chi connectivity index (χ3v) is 6.32. The fourth-order valence-corrected chi connectivity index (χ4v) is 4.80. The number of hydrogen-bond donors (Lipinski definition) is 1. The van der Waals surface area contributed by atoms with Gasteiger partial charge < -0.3 is 15.2 Å². The third-order valence-electron chi connectivity index (χ3n) is 5.39. The zero-order valence-electron chi connectivity index (χ0n) is 15.2. The number of nitrogens with zero attached hydrogens (tertiary/aromatic N) is 4. The van der Waals surface area contributed by atoms with Crippen LogP contribution in [-0.2, 0) is 16.4 Å². The van der Waals surface area contributed by atoms with Crippen LogP contribution < -0.4 is 11.3 Å². The maximum atomic E-state index is 12.7. The lowest BCUT2D eigenvalue weighted by Crippen LogP contribution is -2.48. The molecule has 2 N–H and O–H groups in total. The number of nitrogen functional groups attached to an aromatic ring is 1. The smallest absolute Gasteiger partial charge is 0.251 e. The van der Waals surface area contributed by atoms with Gasteiger partial charge in [0.15, 0.2) is 0 Å². The van der Waals surface area contributed by atoms with E-state index in [1.807, 2.05) is 10.6 Å². The highest BCUT2D eigenvalue weighted by Crippen LogP contribution is 2.36. The van der Waals surface area contributed by atoms with E-state index in [4.69, 9.17) is 5.73 Å². The summed E-state index contributed by atoms with van der Waals surface area (Å²) in [5.74, 6) is 1.11. The summed E-state index contributed by atoms with van der Waals surface area (Å²) >= 11 is 0.